The van der Waals surface area contributed by atoms with E-state index in [-0.39, 0.29) is 4.90 Å². The Morgan fingerprint density at radius 3 is 2.20 bits per heavy atom. The van der Waals surface area contributed by atoms with Crippen LogP contribution >= 0.6 is 0 Å². The molecule has 0 aliphatic carbocycles. The third kappa shape index (κ3) is 3.33. The van der Waals surface area contributed by atoms with Crippen LogP contribution in [0.5, 0.6) is 0 Å². The van der Waals surface area contributed by atoms with Crippen molar-refractivity contribution in [3.8, 4) is 6.07 Å². The fraction of sp³-hybridized carbons (Fsp3) is 0.417. The van der Waals surface area contributed by atoms with Gasteiger partial charge < -0.3 is 15.3 Å². The van der Waals surface area contributed by atoms with Gasteiger partial charge in [0.15, 0.2) is 0 Å². The molecule has 0 unspecified atom stereocenters. The second kappa shape index (κ2) is 6.30. The van der Waals surface area contributed by atoms with Crippen molar-refractivity contribution in [3.05, 3.63) is 29.3 Å². The minimum atomic E-state index is -4.04. The monoisotopic (exact) mass is 300 g/mol. The minimum Gasteiger partial charge on any atom is -0.394 e. The van der Waals surface area contributed by atoms with Gasteiger partial charge in [0.25, 0.3) is 0 Å². The second-order valence-corrected chi connectivity index (χ2v) is 6.13. The Bertz CT molecular complexity index is 609. The molecule has 0 bridgehead atoms. The van der Waals surface area contributed by atoms with Crippen LogP contribution in [0, 0.1) is 18.3 Å². The summed E-state index contributed by atoms with van der Waals surface area (Å²) in [5.41, 5.74) is -0.902. The average molecular weight is 300 g/mol. The largest absolute Gasteiger partial charge is 0.394 e. The summed E-state index contributed by atoms with van der Waals surface area (Å²) >= 11 is 0. The van der Waals surface area contributed by atoms with Gasteiger partial charge in [-0.3, -0.25) is 0 Å². The van der Waals surface area contributed by atoms with Crippen molar-refractivity contribution in [2.45, 2.75) is 17.4 Å². The lowest BCUT2D eigenvalue weighted by molar-refractivity contribution is 0.0582. The van der Waals surface area contributed by atoms with Crippen LogP contribution in [0.2, 0.25) is 0 Å². The fourth-order valence-electron chi connectivity index (χ4n) is 1.52. The van der Waals surface area contributed by atoms with Crippen LogP contribution in [0.1, 0.15) is 11.1 Å². The highest BCUT2D eigenvalue weighted by atomic mass is 32.2. The molecule has 0 aliphatic rings. The molecular weight excluding hydrogens is 284 g/mol. The molecular formula is C12H16N2O5S. The first-order chi connectivity index (χ1) is 9.34. The molecule has 0 heterocycles. The first kappa shape index (κ1) is 16.6. The van der Waals surface area contributed by atoms with Crippen LogP contribution in [0.15, 0.2) is 23.1 Å². The standard InChI is InChI=1S/C12H16N2O5S/c1-9-4-11(3-2-10(9)5-13)20(18,19)14-12(6-15,7-16)8-17/h2-4,14-17H,6-8H2,1H3. The molecule has 1 aromatic carbocycles. The number of nitriles is 1. The van der Waals surface area contributed by atoms with E-state index in [1.54, 1.807) is 6.92 Å². The van der Waals surface area contributed by atoms with E-state index in [0.717, 1.165) is 0 Å². The number of sulfonamides is 1. The van der Waals surface area contributed by atoms with Crippen molar-refractivity contribution in [2.75, 3.05) is 19.8 Å². The number of benzene rings is 1. The lowest BCUT2D eigenvalue weighted by atomic mass is 10.1. The number of nitrogens with one attached hydrogen (secondary N) is 1. The topological polar surface area (TPSA) is 131 Å². The van der Waals surface area contributed by atoms with E-state index in [0.29, 0.717) is 11.1 Å². The molecule has 0 atom stereocenters. The Balaban J connectivity index is 3.18. The molecule has 110 valence electrons. The summed E-state index contributed by atoms with van der Waals surface area (Å²) in [6.07, 6.45) is 0. The van der Waals surface area contributed by atoms with E-state index in [9.17, 15) is 8.42 Å². The maximum Gasteiger partial charge on any atom is 0.241 e. The Kier molecular flexibility index (Phi) is 5.21. The number of hydrogen-bond donors (Lipinski definition) is 4. The molecule has 4 N–H and O–H groups in total. The number of aliphatic hydroxyl groups is 3. The van der Waals surface area contributed by atoms with Crippen LogP contribution < -0.4 is 4.72 Å². The van der Waals surface area contributed by atoms with Crippen molar-refractivity contribution in [2.24, 2.45) is 0 Å². The van der Waals surface area contributed by atoms with Gasteiger partial charge >= 0.3 is 0 Å². The minimum absolute atomic E-state index is 0.117. The molecule has 20 heavy (non-hydrogen) atoms. The van der Waals surface area contributed by atoms with Crippen molar-refractivity contribution in [1.29, 1.82) is 5.26 Å². The molecule has 0 aromatic heterocycles. The Morgan fingerprint density at radius 2 is 1.80 bits per heavy atom. The third-order valence-electron chi connectivity index (χ3n) is 2.89. The Labute approximate surface area is 117 Å². The highest BCUT2D eigenvalue weighted by Crippen LogP contribution is 2.17. The van der Waals surface area contributed by atoms with Crippen LogP contribution in [-0.2, 0) is 10.0 Å². The van der Waals surface area contributed by atoms with Gasteiger partial charge in [0.05, 0.1) is 36.3 Å². The maximum absolute atomic E-state index is 12.1. The summed E-state index contributed by atoms with van der Waals surface area (Å²) < 4.78 is 26.4. The Morgan fingerprint density at radius 1 is 1.25 bits per heavy atom. The number of nitrogens with zero attached hydrogens (tertiary/aromatic N) is 1. The molecule has 8 heteroatoms. The molecule has 0 spiro atoms. The van der Waals surface area contributed by atoms with Gasteiger partial charge in [0.2, 0.25) is 10.0 Å². The van der Waals surface area contributed by atoms with E-state index < -0.39 is 35.4 Å². The van der Waals surface area contributed by atoms with E-state index in [1.165, 1.54) is 18.2 Å². The van der Waals surface area contributed by atoms with Crippen LogP contribution in [0.25, 0.3) is 0 Å². The average Bonchev–Trinajstić information content (AvgIpc) is 2.44. The SMILES string of the molecule is Cc1cc(S(=O)(=O)NC(CO)(CO)CO)ccc1C#N. The van der Waals surface area contributed by atoms with Crippen LogP contribution in [0.3, 0.4) is 0 Å². The number of hydrogen-bond acceptors (Lipinski definition) is 6. The second-order valence-electron chi connectivity index (χ2n) is 4.45. The summed E-state index contributed by atoms with van der Waals surface area (Å²) in [7, 11) is -4.04. The molecule has 1 rings (SSSR count). The zero-order valence-corrected chi connectivity index (χ0v) is 11.7. The van der Waals surface area contributed by atoms with Crippen molar-refractivity contribution in [3.63, 3.8) is 0 Å². The summed E-state index contributed by atoms with van der Waals surface area (Å²) in [5, 5.41) is 36.2. The van der Waals surface area contributed by atoms with Gasteiger partial charge in [-0.05, 0) is 30.7 Å². The van der Waals surface area contributed by atoms with E-state index in [4.69, 9.17) is 20.6 Å². The molecule has 0 radical (unpaired) electrons. The van der Waals surface area contributed by atoms with Gasteiger partial charge in [0, 0.05) is 0 Å². The molecule has 0 saturated carbocycles. The zero-order chi connectivity index (χ0) is 15.4. The lowest BCUT2D eigenvalue weighted by Crippen LogP contribution is -2.56. The summed E-state index contributed by atoms with van der Waals surface area (Å²) in [6.45, 7) is -0.674. The molecule has 0 saturated heterocycles. The third-order valence-corrected chi connectivity index (χ3v) is 4.46. The fourth-order valence-corrected chi connectivity index (χ4v) is 2.98. The highest BCUT2D eigenvalue weighted by Gasteiger charge is 2.34. The van der Waals surface area contributed by atoms with Crippen LogP contribution in [0.4, 0.5) is 0 Å². The van der Waals surface area contributed by atoms with Crippen molar-refractivity contribution < 1.29 is 23.7 Å². The lowest BCUT2D eigenvalue weighted by Gasteiger charge is -2.28. The van der Waals surface area contributed by atoms with E-state index in [1.807, 2.05) is 6.07 Å². The van der Waals surface area contributed by atoms with E-state index >= 15 is 0 Å². The van der Waals surface area contributed by atoms with Gasteiger partial charge in [0.1, 0.15) is 5.54 Å². The molecule has 0 amide bonds. The maximum atomic E-state index is 12.1. The van der Waals surface area contributed by atoms with Crippen LogP contribution in [-0.4, -0.2) is 49.1 Å². The van der Waals surface area contributed by atoms with Crippen molar-refractivity contribution in [1.82, 2.24) is 4.72 Å². The highest BCUT2D eigenvalue weighted by molar-refractivity contribution is 7.89. The predicted molar refractivity (Wildman–Crippen MR) is 70.2 cm³/mol. The first-order valence-corrected chi connectivity index (χ1v) is 7.20. The summed E-state index contributed by atoms with van der Waals surface area (Å²) in [6, 6.07) is 5.83. The molecule has 7 nitrogen and oxygen atoms in total. The molecule has 0 aliphatic heterocycles. The normalized spacial score (nSPS) is 12.2. The molecule has 0 fully saturated rings. The quantitative estimate of drug-likeness (QED) is 0.525. The predicted octanol–water partition coefficient (Wildman–Crippen LogP) is -1.14. The van der Waals surface area contributed by atoms with Gasteiger partial charge in [-0.15, -0.1) is 0 Å². The van der Waals surface area contributed by atoms with Gasteiger partial charge in [-0.2, -0.15) is 9.98 Å². The molecule has 1 aromatic rings. The zero-order valence-electron chi connectivity index (χ0n) is 10.9. The summed E-state index contributed by atoms with van der Waals surface area (Å²) in [5.74, 6) is 0. The van der Waals surface area contributed by atoms with Gasteiger partial charge in [-0.25, -0.2) is 8.42 Å². The van der Waals surface area contributed by atoms with Crippen molar-refractivity contribution >= 4 is 10.0 Å². The van der Waals surface area contributed by atoms with E-state index in [2.05, 4.69) is 4.72 Å². The number of aryl methyl sites for hydroxylation is 1. The summed E-state index contributed by atoms with van der Waals surface area (Å²) in [4.78, 5) is -0.117. The smallest absolute Gasteiger partial charge is 0.241 e. The Hall–Kier alpha value is -1.50. The number of aliphatic hydroxyl groups excluding tert-OH is 3. The first-order valence-electron chi connectivity index (χ1n) is 5.71. The number of rotatable bonds is 6. The van der Waals surface area contributed by atoms with Gasteiger partial charge in [-0.1, -0.05) is 0 Å².